The van der Waals surface area contributed by atoms with Crippen molar-refractivity contribution >= 4 is 22.7 Å². The van der Waals surface area contributed by atoms with Gasteiger partial charge in [0.05, 0.1) is 10.6 Å². The first-order valence-electron chi connectivity index (χ1n) is 3.78. The lowest BCUT2D eigenvalue weighted by Gasteiger charge is -2.05. The van der Waals surface area contributed by atoms with E-state index < -0.39 is 17.0 Å². The van der Waals surface area contributed by atoms with E-state index in [9.17, 15) is 9.00 Å². The summed E-state index contributed by atoms with van der Waals surface area (Å²) in [5.74, 6) is -0.414. The van der Waals surface area contributed by atoms with E-state index in [4.69, 9.17) is 4.55 Å². The average Bonchev–Trinajstić information content (AvgIpc) is 2.18. The Balaban J connectivity index is 3.01. The van der Waals surface area contributed by atoms with Crippen LogP contribution >= 0.6 is 0 Å². The highest BCUT2D eigenvalue weighted by atomic mass is 32.2. The maximum Gasteiger partial charge on any atom is 0.247 e. The summed E-state index contributed by atoms with van der Waals surface area (Å²) in [6, 6.07) is 6.29. The number of hydrogen-bond donors (Lipinski definition) is 2. The summed E-state index contributed by atoms with van der Waals surface area (Å²) in [6.45, 7) is 3.28. The van der Waals surface area contributed by atoms with Gasteiger partial charge >= 0.3 is 0 Å². The molecule has 0 saturated carbocycles. The smallest absolute Gasteiger partial charge is 0.247 e. The van der Waals surface area contributed by atoms with Crippen LogP contribution in [-0.2, 0) is 15.9 Å². The van der Waals surface area contributed by atoms with E-state index in [-0.39, 0.29) is 4.90 Å². The molecule has 0 saturated heterocycles. The number of amides is 1. The molecule has 1 rings (SSSR count). The Kier molecular flexibility index (Phi) is 3.55. The second kappa shape index (κ2) is 4.69. The van der Waals surface area contributed by atoms with Gasteiger partial charge in [-0.3, -0.25) is 4.79 Å². The third-order valence-electron chi connectivity index (χ3n) is 1.52. The second-order valence-corrected chi connectivity index (χ2v) is 3.38. The lowest BCUT2D eigenvalue weighted by molar-refractivity contribution is -0.111. The van der Waals surface area contributed by atoms with Crippen molar-refractivity contribution in [2.75, 3.05) is 5.32 Å². The first kappa shape index (κ1) is 10.6. The molecular formula is C9H9NO3S. The van der Waals surface area contributed by atoms with Crippen molar-refractivity contribution in [2.24, 2.45) is 0 Å². The highest BCUT2D eigenvalue weighted by molar-refractivity contribution is 7.79. The molecule has 0 aliphatic heterocycles. The van der Waals surface area contributed by atoms with E-state index in [2.05, 4.69) is 11.9 Å². The molecule has 5 heteroatoms. The summed E-state index contributed by atoms with van der Waals surface area (Å²) >= 11 is -2.11. The third-order valence-corrected chi connectivity index (χ3v) is 2.25. The van der Waals surface area contributed by atoms with Gasteiger partial charge in [-0.2, -0.15) is 0 Å². The molecule has 0 fully saturated rings. The quantitative estimate of drug-likeness (QED) is 0.586. The maximum absolute atomic E-state index is 10.9. The largest absolute Gasteiger partial charge is 0.321 e. The Morgan fingerprint density at radius 2 is 2.14 bits per heavy atom. The van der Waals surface area contributed by atoms with Crippen LogP contribution in [0.25, 0.3) is 0 Å². The van der Waals surface area contributed by atoms with Gasteiger partial charge in [-0.25, -0.2) is 4.21 Å². The molecule has 1 aromatic rings. The molecule has 0 aromatic heterocycles. The van der Waals surface area contributed by atoms with Gasteiger partial charge in [-0.15, -0.1) is 0 Å². The van der Waals surface area contributed by atoms with Gasteiger partial charge in [0, 0.05) is 0 Å². The molecule has 0 radical (unpaired) electrons. The average molecular weight is 211 g/mol. The molecule has 2 N–H and O–H groups in total. The van der Waals surface area contributed by atoms with Crippen LogP contribution in [0, 0.1) is 0 Å². The number of para-hydroxylation sites is 1. The second-order valence-electron chi connectivity index (χ2n) is 2.44. The Hall–Kier alpha value is -1.46. The van der Waals surface area contributed by atoms with Gasteiger partial charge in [0.2, 0.25) is 5.91 Å². The highest BCUT2D eigenvalue weighted by Crippen LogP contribution is 2.17. The fourth-order valence-corrected chi connectivity index (χ4v) is 1.41. The molecule has 0 aliphatic carbocycles. The van der Waals surface area contributed by atoms with Gasteiger partial charge in [0.15, 0.2) is 11.1 Å². The minimum absolute atomic E-state index is 0.169. The van der Waals surface area contributed by atoms with Crippen LogP contribution < -0.4 is 5.32 Å². The lowest BCUT2D eigenvalue weighted by atomic mass is 10.3. The van der Waals surface area contributed by atoms with Crippen molar-refractivity contribution in [2.45, 2.75) is 4.90 Å². The molecule has 74 valence electrons. The molecule has 1 amide bonds. The van der Waals surface area contributed by atoms with E-state index >= 15 is 0 Å². The van der Waals surface area contributed by atoms with Crippen LogP contribution in [0.3, 0.4) is 0 Å². The zero-order valence-corrected chi connectivity index (χ0v) is 8.08. The fourth-order valence-electron chi connectivity index (χ4n) is 0.906. The number of nitrogens with one attached hydrogen (secondary N) is 1. The summed E-state index contributed by atoms with van der Waals surface area (Å²) in [7, 11) is 0. The van der Waals surface area contributed by atoms with Crippen molar-refractivity contribution < 1.29 is 13.6 Å². The van der Waals surface area contributed by atoms with Gasteiger partial charge in [-0.05, 0) is 18.2 Å². The third kappa shape index (κ3) is 2.51. The number of carbonyl (C=O) groups excluding carboxylic acids is 1. The summed E-state index contributed by atoms with van der Waals surface area (Å²) in [5, 5.41) is 2.43. The standard InChI is InChI=1S/C9H9NO3S/c1-2-9(11)10-7-5-3-4-6-8(7)14(12)13/h2-6H,1H2,(H,10,11)(H,12,13). The number of rotatable bonds is 3. The Morgan fingerprint density at radius 1 is 1.50 bits per heavy atom. The molecular weight excluding hydrogens is 202 g/mol. The normalized spacial score (nSPS) is 11.8. The first-order valence-corrected chi connectivity index (χ1v) is 4.89. The van der Waals surface area contributed by atoms with E-state index in [1.807, 2.05) is 0 Å². The molecule has 4 nitrogen and oxygen atoms in total. The number of benzene rings is 1. The zero-order valence-electron chi connectivity index (χ0n) is 7.27. The molecule has 1 unspecified atom stereocenters. The summed E-state index contributed by atoms with van der Waals surface area (Å²) in [6.07, 6.45) is 1.09. The summed E-state index contributed by atoms with van der Waals surface area (Å²) in [5.41, 5.74) is 0.318. The van der Waals surface area contributed by atoms with E-state index in [0.717, 1.165) is 6.08 Å². The molecule has 1 atom stereocenters. The monoisotopic (exact) mass is 211 g/mol. The molecule has 0 aliphatic rings. The van der Waals surface area contributed by atoms with Crippen molar-refractivity contribution in [3.05, 3.63) is 36.9 Å². The minimum Gasteiger partial charge on any atom is -0.321 e. The molecule has 1 aromatic carbocycles. The van der Waals surface area contributed by atoms with E-state index in [1.54, 1.807) is 18.2 Å². The van der Waals surface area contributed by atoms with Gasteiger partial charge < -0.3 is 9.87 Å². The van der Waals surface area contributed by atoms with Crippen molar-refractivity contribution in [3.63, 3.8) is 0 Å². The zero-order chi connectivity index (χ0) is 10.6. The van der Waals surface area contributed by atoms with Crippen LogP contribution in [0.5, 0.6) is 0 Å². The topological polar surface area (TPSA) is 66.4 Å². The van der Waals surface area contributed by atoms with Crippen molar-refractivity contribution in [1.29, 1.82) is 0 Å². The van der Waals surface area contributed by atoms with Gasteiger partial charge in [0.25, 0.3) is 0 Å². The predicted octanol–water partition coefficient (Wildman–Crippen LogP) is 1.39. The molecule has 0 heterocycles. The van der Waals surface area contributed by atoms with Crippen LogP contribution in [0.4, 0.5) is 5.69 Å². The van der Waals surface area contributed by atoms with E-state index in [1.165, 1.54) is 6.07 Å². The lowest BCUT2D eigenvalue weighted by Crippen LogP contribution is -2.09. The number of carbonyl (C=O) groups is 1. The summed E-state index contributed by atoms with van der Waals surface area (Å²) < 4.78 is 19.7. The maximum atomic E-state index is 10.9. The SMILES string of the molecule is C=CC(=O)Nc1ccccc1S(=O)O. The predicted molar refractivity (Wildman–Crippen MR) is 54.3 cm³/mol. The number of anilines is 1. The van der Waals surface area contributed by atoms with Gasteiger partial charge in [0.1, 0.15) is 0 Å². The van der Waals surface area contributed by atoms with E-state index in [0.29, 0.717) is 5.69 Å². The summed E-state index contributed by atoms with van der Waals surface area (Å²) in [4.78, 5) is 11.1. The van der Waals surface area contributed by atoms with Gasteiger partial charge in [-0.1, -0.05) is 18.7 Å². The Labute approximate surface area is 83.9 Å². The fraction of sp³-hybridized carbons (Fsp3) is 0. The Morgan fingerprint density at radius 3 is 2.71 bits per heavy atom. The van der Waals surface area contributed by atoms with Crippen LogP contribution in [-0.4, -0.2) is 14.7 Å². The molecule has 14 heavy (non-hydrogen) atoms. The first-order chi connectivity index (χ1) is 6.65. The van der Waals surface area contributed by atoms with Crippen LogP contribution in [0.1, 0.15) is 0 Å². The van der Waals surface area contributed by atoms with Crippen LogP contribution in [0.2, 0.25) is 0 Å². The van der Waals surface area contributed by atoms with Crippen LogP contribution in [0.15, 0.2) is 41.8 Å². The van der Waals surface area contributed by atoms with Crippen molar-refractivity contribution in [1.82, 2.24) is 0 Å². The Bertz CT molecular complexity index is 389. The molecule has 0 spiro atoms. The highest BCUT2D eigenvalue weighted by Gasteiger charge is 2.07. The minimum atomic E-state index is -2.11. The number of hydrogen-bond acceptors (Lipinski definition) is 2. The molecule has 0 bridgehead atoms. The van der Waals surface area contributed by atoms with Crippen molar-refractivity contribution in [3.8, 4) is 0 Å².